The Labute approximate surface area is 110 Å². The van der Waals surface area contributed by atoms with Gasteiger partial charge < -0.3 is 5.73 Å². The predicted octanol–water partition coefficient (Wildman–Crippen LogP) is 2.99. The van der Waals surface area contributed by atoms with Crippen molar-refractivity contribution in [2.45, 2.75) is 43.2 Å². The minimum Gasteiger partial charge on any atom is -0.326 e. The molecule has 0 spiro atoms. The second kappa shape index (κ2) is 5.98. The Balaban J connectivity index is 2.05. The maximum absolute atomic E-state index is 12.1. The highest BCUT2D eigenvalue weighted by Crippen LogP contribution is 2.26. The first-order valence-corrected chi connectivity index (χ1v) is 7.81. The van der Waals surface area contributed by atoms with Crippen LogP contribution in [0.3, 0.4) is 0 Å². The van der Waals surface area contributed by atoms with Gasteiger partial charge in [-0.25, -0.2) is 0 Å². The Morgan fingerprint density at radius 3 is 2.65 bits per heavy atom. The molecule has 1 atom stereocenters. The Bertz CT molecular complexity index is 416. The van der Waals surface area contributed by atoms with Crippen LogP contribution in [0.15, 0.2) is 18.2 Å². The Morgan fingerprint density at radius 2 is 2.06 bits per heavy atom. The smallest absolute Gasteiger partial charge is 0.0503 e. The maximum atomic E-state index is 12.1. The van der Waals surface area contributed by atoms with Crippen molar-refractivity contribution in [1.82, 2.24) is 0 Å². The zero-order chi connectivity index (χ0) is 12.3. The molecule has 2 N–H and O–H groups in total. The second-order valence-electron chi connectivity index (χ2n) is 4.56. The molecule has 0 heterocycles. The maximum Gasteiger partial charge on any atom is 0.0503 e. The van der Waals surface area contributed by atoms with Gasteiger partial charge in [0, 0.05) is 27.6 Å². The van der Waals surface area contributed by atoms with Gasteiger partial charge in [0.2, 0.25) is 0 Å². The summed E-state index contributed by atoms with van der Waals surface area (Å²) in [5.74, 6) is 0.578. The van der Waals surface area contributed by atoms with Gasteiger partial charge in [-0.15, -0.1) is 0 Å². The highest BCUT2D eigenvalue weighted by atomic mass is 35.5. The van der Waals surface area contributed by atoms with Crippen LogP contribution >= 0.6 is 11.6 Å². The van der Waals surface area contributed by atoms with Crippen LogP contribution < -0.4 is 5.73 Å². The van der Waals surface area contributed by atoms with E-state index in [0.717, 1.165) is 24.0 Å². The third-order valence-electron chi connectivity index (χ3n) is 3.32. The average molecular weight is 272 g/mol. The molecule has 4 heteroatoms. The van der Waals surface area contributed by atoms with Gasteiger partial charge in [-0.2, -0.15) is 0 Å². The first-order chi connectivity index (χ1) is 8.20. The molecule has 0 aliphatic heterocycles. The summed E-state index contributed by atoms with van der Waals surface area (Å²) in [7, 11) is -0.781. The third kappa shape index (κ3) is 3.30. The number of hydrogen-bond donors (Lipinski definition) is 1. The van der Waals surface area contributed by atoms with E-state index in [2.05, 4.69) is 0 Å². The van der Waals surface area contributed by atoms with E-state index in [0.29, 0.717) is 22.6 Å². The SMILES string of the molecule is NCc1ccc(CS(=O)C2CCCC2)c(Cl)c1. The highest BCUT2D eigenvalue weighted by molar-refractivity contribution is 7.84. The number of benzene rings is 1. The van der Waals surface area contributed by atoms with Crippen molar-refractivity contribution in [3.8, 4) is 0 Å². The minimum absolute atomic E-state index is 0.375. The number of nitrogens with two attached hydrogens (primary N) is 1. The lowest BCUT2D eigenvalue weighted by Crippen LogP contribution is -2.12. The second-order valence-corrected chi connectivity index (χ2v) is 6.69. The van der Waals surface area contributed by atoms with Crippen LogP contribution in [0, 0.1) is 0 Å². The van der Waals surface area contributed by atoms with Crippen LogP contribution in [-0.2, 0) is 23.1 Å². The van der Waals surface area contributed by atoms with E-state index in [1.165, 1.54) is 12.8 Å². The molecule has 0 amide bonds. The van der Waals surface area contributed by atoms with Crippen molar-refractivity contribution in [3.63, 3.8) is 0 Å². The molecule has 1 saturated carbocycles. The summed E-state index contributed by atoms with van der Waals surface area (Å²) < 4.78 is 12.1. The molecule has 1 aromatic rings. The highest BCUT2D eigenvalue weighted by Gasteiger charge is 2.21. The van der Waals surface area contributed by atoms with Gasteiger partial charge in [0.1, 0.15) is 0 Å². The van der Waals surface area contributed by atoms with Gasteiger partial charge in [0.05, 0.1) is 5.75 Å². The third-order valence-corrected chi connectivity index (χ3v) is 5.49. The topological polar surface area (TPSA) is 43.1 Å². The standard InChI is InChI=1S/C13H18ClNOS/c14-13-7-10(8-15)5-6-11(13)9-17(16)12-3-1-2-4-12/h5-7,12H,1-4,8-9,15H2. The van der Waals surface area contributed by atoms with Crippen LogP contribution in [0.1, 0.15) is 36.8 Å². The van der Waals surface area contributed by atoms with Crippen molar-refractivity contribution in [2.75, 3.05) is 0 Å². The zero-order valence-electron chi connectivity index (χ0n) is 9.82. The molecule has 1 unspecified atom stereocenters. The number of rotatable bonds is 4. The summed E-state index contributed by atoms with van der Waals surface area (Å²) in [4.78, 5) is 0. The molecule has 1 aliphatic rings. The van der Waals surface area contributed by atoms with Crippen LogP contribution in [0.2, 0.25) is 5.02 Å². The first-order valence-electron chi connectivity index (χ1n) is 6.05. The molecule has 2 nitrogen and oxygen atoms in total. The molecule has 0 bridgehead atoms. The predicted molar refractivity (Wildman–Crippen MR) is 73.4 cm³/mol. The molecule has 2 rings (SSSR count). The van der Waals surface area contributed by atoms with Crippen LogP contribution in [0.5, 0.6) is 0 Å². The van der Waals surface area contributed by atoms with Gasteiger partial charge >= 0.3 is 0 Å². The van der Waals surface area contributed by atoms with Crippen LogP contribution in [-0.4, -0.2) is 9.46 Å². The lowest BCUT2D eigenvalue weighted by Gasteiger charge is -2.10. The average Bonchev–Trinajstić information content (AvgIpc) is 2.85. The van der Waals surface area contributed by atoms with E-state index >= 15 is 0 Å². The van der Waals surface area contributed by atoms with Crippen molar-refractivity contribution in [1.29, 1.82) is 0 Å². The van der Waals surface area contributed by atoms with Gasteiger partial charge in [0.25, 0.3) is 0 Å². The van der Waals surface area contributed by atoms with Gasteiger partial charge in [-0.3, -0.25) is 4.21 Å². The first kappa shape index (κ1) is 13.1. The summed E-state index contributed by atoms with van der Waals surface area (Å²) in [6, 6.07) is 5.80. The Morgan fingerprint density at radius 1 is 1.35 bits per heavy atom. The van der Waals surface area contributed by atoms with E-state index < -0.39 is 10.8 Å². The summed E-state index contributed by atoms with van der Waals surface area (Å²) >= 11 is 6.17. The molecular formula is C13H18ClNOS. The van der Waals surface area contributed by atoms with E-state index in [-0.39, 0.29) is 0 Å². The minimum atomic E-state index is -0.781. The summed E-state index contributed by atoms with van der Waals surface area (Å²) in [6.45, 7) is 0.492. The van der Waals surface area contributed by atoms with Crippen LogP contribution in [0.25, 0.3) is 0 Å². The summed E-state index contributed by atoms with van der Waals surface area (Å²) in [5, 5.41) is 1.07. The van der Waals surface area contributed by atoms with Crippen molar-refractivity contribution in [2.24, 2.45) is 5.73 Å². The van der Waals surface area contributed by atoms with Crippen molar-refractivity contribution >= 4 is 22.4 Å². The molecule has 1 aliphatic carbocycles. The molecule has 17 heavy (non-hydrogen) atoms. The Hall–Kier alpha value is -0.380. The van der Waals surface area contributed by atoms with Crippen molar-refractivity contribution < 1.29 is 4.21 Å². The molecule has 0 aromatic heterocycles. The molecule has 0 radical (unpaired) electrons. The molecule has 94 valence electrons. The number of halogens is 1. The van der Waals surface area contributed by atoms with Crippen LogP contribution in [0.4, 0.5) is 0 Å². The lowest BCUT2D eigenvalue weighted by atomic mass is 10.1. The summed E-state index contributed by atoms with van der Waals surface area (Å²) in [5.41, 5.74) is 7.55. The number of hydrogen-bond acceptors (Lipinski definition) is 2. The molecular weight excluding hydrogens is 254 g/mol. The molecule has 1 aromatic carbocycles. The van der Waals surface area contributed by atoms with Gasteiger partial charge in [-0.1, -0.05) is 36.6 Å². The van der Waals surface area contributed by atoms with Gasteiger partial charge in [0.15, 0.2) is 0 Å². The fourth-order valence-corrected chi connectivity index (χ4v) is 4.26. The van der Waals surface area contributed by atoms with E-state index in [4.69, 9.17) is 17.3 Å². The van der Waals surface area contributed by atoms with Crippen molar-refractivity contribution in [3.05, 3.63) is 34.3 Å². The lowest BCUT2D eigenvalue weighted by molar-refractivity contribution is 0.668. The fraction of sp³-hybridized carbons (Fsp3) is 0.538. The zero-order valence-corrected chi connectivity index (χ0v) is 11.4. The van der Waals surface area contributed by atoms with E-state index in [9.17, 15) is 4.21 Å². The fourth-order valence-electron chi connectivity index (χ4n) is 2.26. The normalized spacial score (nSPS) is 18.5. The van der Waals surface area contributed by atoms with Gasteiger partial charge in [-0.05, 0) is 30.0 Å². The molecule has 0 saturated heterocycles. The largest absolute Gasteiger partial charge is 0.326 e. The monoisotopic (exact) mass is 271 g/mol. The summed E-state index contributed by atoms with van der Waals surface area (Å²) in [6.07, 6.45) is 4.64. The quantitative estimate of drug-likeness (QED) is 0.915. The van der Waals surface area contributed by atoms with E-state index in [1.54, 1.807) is 0 Å². The molecule has 1 fully saturated rings. The van der Waals surface area contributed by atoms with E-state index in [1.807, 2.05) is 18.2 Å². The Kier molecular flexibility index (Phi) is 4.60.